The summed E-state index contributed by atoms with van der Waals surface area (Å²) in [6.07, 6.45) is 0. The maximum Gasteiger partial charge on any atom is 0.355 e. The number of hydrogen-bond acceptors (Lipinski definition) is 6. The molecule has 4 aromatic rings. The lowest BCUT2D eigenvalue weighted by molar-refractivity contribution is 0.0680. The monoisotopic (exact) mass is 458 g/mol. The first-order chi connectivity index (χ1) is 14.6. The van der Waals surface area contributed by atoms with Gasteiger partial charge in [0.2, 0.25) is 0 Å². The van der Waals surface area contributed by atoms with Crippen molar-refractivity contribution in [1.82, 2.24) is 9.97 Å². The second-order valence-electron chi connectivity index (χ2n) is 6.49. The van der Waals surface area contributed by atoms with E-state index in [2.05, 4.69) is 9.97 Å². The predicted molar refractivity (Wildman–Crippen MR) is 111 cm³/mol. The molecule has 3 N–H and O–H groups in total. The summed E-state index contributed by atoms with van der Waals surface area (Å²) in [5.74, 6) is -2.67. The van der Waals surface area contributed by atoms with E-state index in [1.807, 2.05) is 0 Å². The summed E-state index contributed by atoms with van der Waals surface area (Å²) in [6.45, 7) is 0. The van der Waals surface area contributed by atoms with E-state index >= 15 is 0 Å². The molecule has 0 bridgehead atoms. The number of aromatic carboxylic acids is 2. The molecule has 0 saturated heterocycles. The van der Waals surface area contributed by atoms with Gasteiger partial charge in [0.25, 0.3) is 10.1 Å². The number of hydrogen-bond donors (Lipinski definition) is 3. The number of fused-ring (bicyclic) bond motifs is 3. The van der Waals surface area contributed by atoms with Gasteiger partial charge in [0.15, 0.2) is 5.69 Å². The highest BCUT2D eigenvalue weighted by molar-refractivity contribution is 7.86. The van der Waals surface area contributed by atoms with Crippen LogP contribution in [0, 0.1) is 0 Å². The van der Waals surface area contributed by atoms with Crippen molar-refractivity contribution >= 4 is 55.5 Å². The zero-order valence-corrected chi connectivity index (χ0v) is 16.8. The number of rotatable bonds is 4. The molecule has 0 unspecified atom stereocenters. The van der Waals surface area contributed by atoms with Gasteiger partial charge in [-0.05, 0) is 18.2 Å². The number of pyridine rings is 2. The van der Waals surface area contributed by atoms with Gasteiger partial charge in [-0.25, -0.2) is 19.6 Å². The van der Waals surface area contributed by atoms with Crippen LogP contribution in [0.1, 0.15) is 21.0 Å². The van der Waals surface area contributed by atoms with Crippen molar-refractivity contribution in [3.05, 3.63) is 64.9 Å². The first kappa shape index (κ1) is 20.7. The Morgan fingerprint density at radius 2 is 1.48 bits per heavy atom. The van der Waals surface area contributed by atoms with Crippen molar-refractivity contribution in [1.29, 1.82) is 0 Å². The summed E-state index contributed by atoms with van der Waals surface area (Å²) in [5.41, 5.74) is -0.267. The molecule has 0 aliphatic rings. The molecule has 0 fully saturated rings. The van der Waals surface area contributed by atoms with E-state index in [1.165, 1.54) is 30.3 Å². The molecule has 2 aromatic carbocycles. The van der Waals surface area contributed by atoms with Crippen molar-refractivity contribution in [2.24, 2.45) is 0 Å². The normalized spacial score (nSPS) is 11.7. The average molecular weight is 459 g/mol. The number of halogens is 1. The minimum atomic E-state index is -4.65. The summed E-state index contributed by atoms with van der Waals surface area (Å²) in [6, 6.07) is 11.4. The SMILES string of the molecule is O=C(O)c1ccc2ccc3cc(-c4cccc(S(=O)(=O)O)c4Cl)c(C(=O)O)nc3c2n1. The number of carboxylic acids is 2. The third-order valence-electron chi connectivity index (χ3n) is 4.60. The Kier molecular flexibility index (Phi) is 4.85. The van der Waals surface area contributed by atoms with Crippen molar-refractivity contribution in [3.8, 4) is 11.1 Å². The van der Waals surface area contributed by atoms with Crippen LogP contribution in [0.3, 0.4) is 0 Å². The van der Waals surface area contributed by atoms with E-state index in [1.54, 1.807) is 12.1 Å². The van der Waals surface area contributed by atoms with E-state index in [-0.39, 0.29) is 32.9 Å². The van der Waals surface area contributed by atoms with Crippen LogP contribution >= 0.6 is 11.6 Å². The van der Waals surface area contributed by atoms with Crippen LogP contribution in [-0.2, 0) is 10.1 Å². The van der Waals surface area contributed by atoms with E-state index in [9.17, 15) is 32.8 Å². The molecule has 156 valence electrons. The Hall–Kier alpha value is -3.60. The van der Waals surface area contributed by atoms with Gasteiger partial charge in [0.1, 0.15) is 10.6 Å². The van der Waals surface area contributed by atoms with Gasteiger partial charge < -0.3 is 10.2 Å². The summed E-state index contributed by atoms with van der Waals surface area (Å²) in [7, 11) is -4.65. The number of nitrogens with zero attached hydrogens (tertiary/aromatic N) is 2. The fourth-order valence-electron chi connectivity index (χ4n) is 3.22. The molecular formula is C20H11ClN2O7S. The first-order valence-corrected chi connectivity index (χ1v) is 10.4. The number of benzene rings is 2. The minimum Gasteiger partial charge on any atom is -0.477 e. The molecule has 0 amide bonds. The topological polar surface area (TPSA) is 155 Å². The molecule has 11 heteroatoms. The predicted octanol–water partition coefficient (Wildman–Crippen LogP) is 3.75. The third-order valence-corrected chi connectivity index (χ3v) is 6.01. The second-order valence-corrected chi connectivity index (χ2v) is 8.26. The van der Waals surface area contributed by atoms with Crippen molar-refractivity contribution in [2.45, 2.75) is 4.90 Å². The van der Waals surface area contributed by atoms with Crippen LogP contribution in [0.2, 0.25) is 5.02 Å². The zero-order valence-electron chi connectivity index (χ0n) is 15.3. The van der Waals surface area contributed by atoms with Gasteiger partial charge in [-0.15, -0.1) is 0 Å². The lowest BCUT2D eigenvalue weighted by atomic mass is 10.00. The summed E-state index contributed by atoms with van der Waals surface area (Å²) >= 11 is 6.17. The van der Waals surface area contributed by atoms with E-state index in [4.69, 9.17) is 11.6 Å². The van der Waals surface area contributed by atoms with Crippen molar-refractivity contribution < 1.29 is 32.8 Å². The van der Waals surface area contributed by atoms with Gasteiger partial charge in [-0.2, -0.15) is 8.42 Å². The first-order valence-electron chi connectivity index (χ1n) is 8.55. The zero-order chi connectivity index (χ0) is 22.5. The second kappa shape index (κ2) is 7.27. The van der Waals surface area contributed by atoms with Crippen LogP contribution in [0.5, 0.6) is 0 Å². The van der Waals surface area contributed by atoms with Gasteiger partial charge >= 0.3 is 11.9 Å². The molecule has 0 spiro atoms. The lowest BCUT2D eigenvalue weighted by Gasteiger charge is -2.12. The fourth-order valence-corrected chi connectivity index (χ4v) is 4.33. The molecular weight excluding hydrogens is 448 g/mol. The molecule has 9 nitrogen and oxygen atoms in total. The smallest absolute Gasteiger partial charge is 0.355 e. The van der Waals surface area contributed by atoms with Crippen LogP contribution < -0.4 is 0 Å². The van der Waals surface area contributed by atoms with Crippen LogP contribution in [-0.4, -0.2) is 45.1 Å². The maximum atomic E-state index is 12.0. The van der Waals surface area contributed by atoms with E-state index < -0.39 is 32.6 Å². The van der Waals surface area contributed by atoms with Crippen molar-refractivity contribution in [2.75, 3.05) is 0 Å². The van der Waals surface area contributed by atoms with Gasteiger partial charge in [0.05, 0.1) is 16.1 Å². The largest absolute Gasteiger partial charge is 0.477 e. The Morgan fingerprint density at radius 3 is 2.13 bits per heavy atom. The highest BCUT2D eigenvalue weighted by Gasteiger charge is 2.23. The highest BCUT2D eigenvalue weighted by atomic mass is 35.5. The molecule has 31 heavy (non-hydrogen) atoms. The Bertz CT molecular complexity index is 1530. The molecule has 2 aromatic heterocycles. The average Bonchev–Trinajstić information content (AvgIpc) is 2.71. The quantitative estimate of drug-likeness (QED) is 0.306. The van der Waals surface area contributed by atoms with Gasteiger partial charge in [-0.3, -0.25) is 4.55 Å². The molecule has 4 rings (SSSR count). The number of carboxylic acid groups (broad SMARTS) is 2. The van der Waals surface area contributed by atoms with Gasteiger partial charge in [-0.1, -0.05) is 41.9 Å². The molecule has 0 aliphatic carbocycles. The summed E-state index contributed by atoms with van der Waals surface area (Å²) < 4.78 is 32.5. The maximum absolute atomic E-state index is 12.0. The third kappa shape index (κ3) is 3.56. The lowest BCUT2D eigenvalue weighted by Crippen LogP contribution is -2.06. The van der Waals surface area contributed by atoms with Gasteiger partial charge in [0, 0.05) is 21.9 Å². The fraction of sp³-hybridized carbons (Fsp3) is 0. The highest BCUT2D eigenvalue weighted by Crippen LogP contribution is 2.36. The molecule has 0 radical (unpaired) electrons. The van der Waals surface area contributed by atoms with Crippen molar-refractivity contribution in [3.63, 3.8) is 0 Å². The Labute approximate surface area is 179 Å². The Morgan fingerprint density at radius 1 is 0.839 bits per heavy atom. The minimum absolute atomic E-state index is 0.0178. The van der Waals surface area contributed by atoms with Crippen LogP contribution in [0.15, 0.2) is 53.4 Å². The van der Waals surface area contributed by atoms with E-state index in [0.29, 0.717) is 10.8 Å². The molecule has 0 atom stereocenters. The Balaban J connectivity index is 2.09. The molecule has 0 saturated carbocycles. The molecule has 0 aliphatic heterocycles. The standard InChI is InChI=1S/C20H11ClN2O7S/c21-15-11(2-1-3-14(15)31(28,29)30)12-8-10-5-4-9-6-7-13(19(24)25)22-16(9)17(10)23-18(12)20(26)27/h1-8H,(H,24,25)(H,26,27)(H,28,29,30). The molecule has 2 heterocycles. The van der Waals surface area contributed by atoms with E-state index in [0.717, 1.165) is 6.07 Å². The summed E-state index contributed by atoms with van der Waals surface area (Å²) in [5, 5.41) is 19.6. The number of carbonyl (C=O) groups is 2. The van der Waals surface area contributed by atoms with Crippen LogP contribution in [0.4, 0.5) is 0 Å². The summed E-state index contributed by atoms with van der Waals surface area (Å²) in [4.78, 5) is 30.9. The number of aromatic nitrogens is 2. The van der Waals surface area contributed by atoms with Crippen LogP contribution in [0.25, 0.3) is 32.9 Å².